The molecule has 27 heavy (non-hydrogen) atoms. The highest BCUT2D eigenvalue weighted by Gasteiger charge is 2.36. The molecule has 0 aliphatic carbocycles. The van der Waals surface area contributed by atoms with Gasteiger partial charge in [-0.2, -0.15) is 0 Å². The molecule has 0 unspecified atom stereocenters. The van der Waals surface area contributed by atoms with Gasteiger partial charge in [-0.1, -0.05) is 26.0 Å². The smallest absolute Gasteiger partial charge is 0.317 e. The quantitative estimate of drug-likeness (QED) is 0.786. The van der Waals surface area contributed by atoms with E-state index >= 15 is 0 Å². The number of nitrogens with one attached hydrogen (secondary N) is 1. The molecule has 2 fully saturated rings. The number of ether oxygens (including phenoxy) is 1. The lowest BCUT2D eigenvalue weighted by Gasteiger charge is -2.31. The van der Waals surface area contributed by atoms with Gasteiger partial charge in [0.15, 0.2) is 0 Å². The lowest BCUT2D eigenvalue weighted by atomic mass is 10.1. The van der Waals surface area contributed by atoms with Crippen molar-refractivity contribution < 1.29 is 19.4 Å². The number of fused-ring (bicyclic) bond motifs is 3. The number of nitrogens with zero attached hydrogens (tertiary/aromatic N) is 2. The third kappa shape index (κ3) is 4.99. The molecule has 1 amide bonds. The van der Waals surface area contributed by atoms with Crippen LogP contribution in [0.3, 0.4) is 0 Å². The first kappa shape index (κ1) is 19.6. The summed E-state index contributed by atoms with van der Waals surface area (Å²) in [4.78, 5) is 28.3. The van der Waals surface area contributed by atoms with Crippen LogP contribution in [0.2, 0.25) is 0 Å². The second kappa shape index (κ2) is 8.71. The number of anilines is 1. The van der Waals surface area contributed by atoms with Gasteiger partial charge in [0.2, 0.25) is 0 Å². The molecule has 0 saturated carbocycles. The Morgan fingerprint density at radius 3 is 2.74 bits per heavy atom. The van der Waals surface area contributed by atoms with Crippen LogP contribution in [0, 0.1) is 11.8 Å². The summed E-state index contributed by atoms with van der Waals surface area (Å²) >= 11 is 0. The van der Waals surface area contributed by atoms with Gasteiger partial charge in [-0.05, 0) is 18.1 Å². The summed E-state index contributed by atoms with van der Waals surface area (Å²) in [6.45, 7) is 7.79. The summed E-state index contributed by atoms with van der Waals surface area (Å²) in [5.41, 5.74) is 1.52. The third-order valence-electron chi connectivity index (χ3n) is 5.07. The average Bonchev–Trinajstić information content (AvgIpc) is 2.88. The van der Waals surface area contributed by atoms with Crippen LogP contribution in [-0.2, 0) is 9.53 Å². The van der Waals surface area contributed by atoms with Crippen LogP contribution in [0.4, 0.5) is 5.69 Å². The summed E-state index contributed by atoms with van der Waals surface area (Å²) in [6, 6.07) is 7.52. The van der Waals surface area contributed by atoms with Crippen LogP contribution in [-0.4, -0.2) is 78.8 Å². The van der Waals surface area contributed by atoms with Gasteiger partial charge in [0.05, 0.1) is 31.4 Å². The van der Waals surface area contributed by atoms with Gasteiger partial charge < -0.3 is 20.1 Å². The molecule has 2 aliphatic heterocycles. The molecule has 1 aromatic rings. The number of hydrogen-bond acceptors (Lipinski definition) is 5. The number of benzene rings is 1. The largest absolute Gasteiger partial charge is 0.480 e. The van der Waals surface area contributed by atoms with Crippen molar-refractivity contribution >= 4 is 17.6 Å². The Morgan fingerprint density at radius 1 is 1.22 bits per heavy atom. The first-order valence-corrected chi connectivity index (χ1v) is 9.59. The minimum Gasteiger partial charge on any atom is -0.480 e. The zero-order valence-electron chi connectivity index (χ0n) is 16.1. The van der Waals surface area contributed by atoms with Crippen molar-refractivity contribution in [2.24, 2.45) is 11.8 Å². The molecule has 1 aromatic carbocycles. The van der Waals surface area contributed by atoms with Gasteiger partial charge in [-0.15, -0.1) is 0 Å². The van der Waals surface area contributed by atoms with E-state index in [0.717, 1.165) is 12.2 Å². The van der Waals surface area contributed by atoms with Gasteiger partial charge in [-0.25, -0.2) is 0 Å². The standard InChI is InChI=1S/C20H29N3O4/c1-14(2)7-21-18-6-4-3-5-17(18)20(26)23-9-15-8-22(11-19(24)25)16(10-23)13-27-12-15/h3-6,14-16,21H,7-13H2,1-2H3,(H,24,25)/t15-,16+/m1/s1. The zero-order valence-corrected chi connectivity index (χ0v) is 16.1. The van der Waals surface area contributed by atoms with Gasteiger partial charge in [0.1, 0.15) is 0 Å². The molecule has 2 bridgehead atoms. The van der Waals surface area contributed by atoms with Crippen molar-refractivity contribution in [1.82, 2.24) is 9.80 Å². The van der Waals surface area contributed by atoms with E-state index < -0.39 is 5.97 Å². The van der Waals surface area contributed by atoms with E-state index in [0.29, 0.717) is 44.3 Å². The highest BCUT2D eigenvalue weighted by molar-refractivity contribution is 5.99. The fourth-order valence-electron chi connectivity index (χ4n) is 3.77. The average molecular weight is 375 g/mol. The maximum Gasteiger partial charge on any atom is 0.317 e. The van der Waals surface area contributed by atoms with E-state index in [1.807, 2.05) is 34.1 Å². The zero-order chi connectivity index (χ0) is 19.4. The first-order chi connectivity index (χ1) is 12.9. The lowest BCUT2D eigenvalue weighted by Crippen LogP contribution is -2.47. The molecular weight excluding hydrogens is 346 g/mol. The number of rotatable bonds is 6. The number of carboxylic acid groups (broad SMARTS) is 1. The van der Waals surface area contributed by atoms with Crippen LogP contribution in [0.1, 0.15) is 24.2 Å². The number of carbonyl (C=O) groups is 2. The van der Waals surface area contributed by atoms with Crippen LogP contribution in [0.15, 0.2) is 24.3 Å². The Kier molecular flexibility index (Phi) is 6.34. The van der Waals surface area contributed by atoms with Crippen LogP contribution < -0.4 is 5.32 Å². The van der Waals surface area contributed by atoms with Gasteiger partial charge >= 0.3 is 5.97 Å². The Balaban J connectivity index is 1.78. The Morgan fingerprint density at radius 2 is 2.00 bits per heavy atom. The molecular formula is C20H29N3O4. The van der Waals surface area contributed by atoms with Crippen LogP contribution in [0.25, 0.3) is 0 Å². The van der Waals surface area contributed by atoms with Gasteiger partial charge in [-0.3, -0.25) is 14.5 Å². The van der Waals surface area contributed by atoms with E-state index in [9.17, 15) is 14.7 Å². The van der Waals surface area contributed by atoms with E-state index in [2.05, 4.69) is 19.2 Å². The highest BCUT2D eigenvalue weighted by Crippen LogP contribution is 2.24. The predicted octanol–water partition coefficient (Wildman–Crippen LogP) is 1.61. The maximum atomic E-state index is 13.3. The molecule has 2 saturated heterocycles. The Bertz CT molecular complexity index is 679. The molecule has 2 heterocycles. The molecule has 0 aromatic heterocycles. The molecule has 7 heteroatoms. The second-order valence-corrected chi connectivity index (χ2v) is 7.91. The van der Waals surface area contributed by atoms with Crippen molar-refractivity contribution in [3.05, 3.63) is 29.8 Å². The van der Waals surface area contributed by atoms with Crippen molar-refractivity contribution in [2.45, 2.75) is 19.9 Å². The number of amides is 1. The maximum absolute atomic E-state index is 13.3. The highest BCUT2D eigenvalue weighted by atomic mass is 16.5. The molecule has 0 radical (unpaired) electrons. The summed E-state index contributed by atoms with van der Waals surface area (Å²) < 4.78 is 5.71. The fraction of sp³-hybridized carbons (Fsp3) is 0.600. The molecule has 7 nitrogen and oxygen atoms in total. The lowest BCUT2D eigenvalue weighted by molar-refractivity contribution is -0.139. The molecule has 2 N–H and O–H groups in total. The molecule has 2 aliphatic rings. The van der Waals surface area contributed by atoms with Crippen molar-refractivity contribution in [1.29, 1.82) is 0 Å². The SMILES string of the molecule is CC(C)CNc1ccccc1C(=O)N1C[C@@H]2COC[C@H](C1)N(CC(=O)O)C2. The topological polar surface area (TPSA) is 82.1 Å². The number of carbonyl (C=O) groups excluding carboxylic acids is 1. The summed E-state index contributed by atoms with van der Waals surface area (Å²) in [7, 11) is 0. The van der Waals surface area contributed by atoms with E-state index in [1.54, 1.807) is 0 Å². The summed E-state index contributed by atoms with van der Waals surface area (Å²) in [6.07, 6.45) is 0. The van der Waals surface area contributed by atoms with Crippen molar-refractivity contribution in [3.8, 4) is 0 Å². The molecule has 2 atom stereocenters. The van der Waals surface area contributed by atoms with Gasteiger partial charge in [0.25, 0.3) is 5.91 Å². The van der Waals surface area contributed by atoms with E-state index in [4.69, 9.17) is 4.74 Å². The minimum atomic E-state index is -0.844. The molecule has 148 valence electrons. The second-order valence-electron chi connectivity index (χ2n) is 7.91. The van der Waals surface area contributed by atoms with Crippen LogP contribution >= 0.6 is 0 Å². The van der Waals surface area contributed by atoms with E-state index in [-0.39, 0.29) is 24.4 Å². The fourth-order valence-corrected chi connectivity index (χ4v) is 3.77. The Hall–Kier alpha value is -2.12. The van der Waals surface area contributed by atoms with Crippen molar-refractivity contribution in [2.75, 3.05) is 51.3 Å². The van der Waals surface area contributed by atoms with Gasteiger partial charge in [0, 0.05) is 37.8 Å². The Labute approximate surface area is 160 Å². The number of para-hydroxylation sites is 1. The van der Waals surface area contributed by atoms with E-state index in [1.165, 1.54) is 0 Å². The summed E-state index contributed by atoms with van der Waals surface area (Å²) in [5, 5.41) is 12.6. The number of carboxylic acids is 1. The van der Waals surface area contributed by atoms with Crippen LogP contribution in [0.5, 0.6) is 0 Å². The molecule has 3 rings (SSSR count). The normalized spacial score (nSPS) is 23.1. The number of aliphatic carboxylic acids is 1. The first-order valence-electron chi connectivity index (χ1n) is 9.59. The third-order valence-corrected chi connectivity index (χ3v) is 5.07. The van der Waals surface area contributed by atoms with Crippen molar-refractivity contribution in [3.63, 3.8) is 0 Å². The predicted molar refractivity (Wildman–Crippen MR) is 103 cm³/mol. The minimum absolute atomic E-state index is 0.00377. The molecule has 0 spiro atoms. The summed E-state index contributed by atoms with van der Waals surface area (Å²) in [5.74, 6) is -0.247. The number of hydrogen-bond donors (Lipinski definition) is 2. The monoisotopic (exact) mass is 375 g/mol.